The van der Waals surface area contributed by atoms with Gasteiger partial charge in [0.25, 0.3) is 5.91 Å². The molecule has 2 N–H and O–H groups in total. The Morgan fingerprint density at radius 1 is 1.00 bits per heavy atom. The van der Waals surface area contributed by atoms with Gasteiger partial charge in [-0.15, -0.1) is 0 Å². The van der Waals surface area contributed by atoms with E-state index in [1.807, 2.05) is 0 Å². The van der Waals surface area contributed by atoms with Crippen molar-refractivity contribution >= 4 is 46.4 Å². The number of anilines is 3. The van der Waals surface area contributed by atoms with Crippen molar-refractivity contribution < 1.29 is 13.6 Å². The summed E-state index contributed by atoms with van der Waals surface area (Å²) in [6.07, 6.45) is 1.35. The fourth-order valence-corrected chi connectivity index (χ4v) is 2.54. The van der Waals surface area contributed by atoms with Gasteiger partial charge in [0.1, 0.15) is 5.69 Å². The molecule has 26 heavy (non-hydrogen) atoms. The Morgan fingerprint density at radius 2 is 1.73 bits per heavy atom. The lowest BCUT2D eigenvalue weighted by atomic mass is 10.3. The minimum absolute atomic E-state index is 0.0288. The molecule has 0 aliphatic heterocycles. The van der Waals surface area contributed by atoms with Crippen LogP contribution in [-0.2, 0) is 0 Å². The number of nitrogens with one attached hydrogen (secondary N) is 2. The summed E-state index contributed by atoms with van der Waals surface area (Å²) in [6.45, 7) is 0. The Kier molecular flexibility index (Phi) is 5.29. The summed E-state index contributed by atoms with van der Waals surface area (Å²) in [5.41, 5.74) is 0.520. The van der Waals surface area contributed by atoms with Gasteiger partial charge in [0, 0.05) is 18.0 Å². The fraction of sp³-hybridized carbons (Fsp3) is 0. The third-order valence-corrected chi connectivity index (χ3v) is 3.90. The van der Waals surface area contributed by atoms with Crippen molar-refractivity contribution in [3.63, 3.8) is 0 Å². The number of halogens is 4. The summed E-state index contributed by atoms with van der Waals surface area (Å²) in [4.78, 5) is 20.3. The third-order valence-electron chi connectivity index (χ3n) is 3.27. The van der Waals surface area contributed by atoms with Crippen LogP contribution in [0.4, 0.5) is 26.1 Å². The van der Waals surface area contributed by atoms with Gasteiger partial charge in [-0.3, -0.25) is 4.79 Å². The van der Waals surface area contributed by atoms with Gasteiger partial charge in [-0.1, -0.05) is 29.3 Å². The largest absolute Gasteiger partial charge is 0.324 e. The van der Waals surface area contributed by atoms with Crippen molar-refractivity contribution in [3.05, 3.63) is 76.0 Å². The molecule has 0 radical (unpaired) electrons. The summed E-state index contributed by atoms with van der Waals surface area (Å²) >= 11 is 12.0. The van der Waals surface area contributed by atoms with Crippen molar-refractivity contribution in [1.29, 1.82) is 0 Å². The maximum absolute atomic E-state index is 13.3. The lowest BCUT2D eigenvalue weighted by Crippen LogP contribution is -2.15. The van der Waals surface area contributed by atoms with E-state index in [0.29, 0.717) is 0 Å². The molecule has 0 aliphatic rings. The first-order valence-electron chi connectivity index (χ1n) is 7.24. The van der Waals surface area contributed by atoms with Gasteiger partial charge in [0.2, 0.25) is 5.95 Å². The maximum atomic E-state index is 13.3. The van der Waals surface area contributed by atoms with Gasteiger partial charge in [0.15, 0.2) is 11.6 Å². The second-order valence-corrected chi connectivity index (χ2v) is 5.88. The molecule has 0 spiro atoms. The number of nitrogens with zero attached hydrogens (tertiary/aromatic N) is 2. The van der Waals surface area contributed by atoms with Crippen LogP contribution < -0.4 is 10.6 Å². The summed E-state index contributed by atoms with van der Waals surface area (Å²) in [5.74, 6) is -2.51. The van der Waals surface area contributed by atoms with Crippen LogP contribution >= 0.6 is 23.2 Å². The Morgan fingerprint density at radius 3 is 2.42 bits per heavy atom. The van der Waals surface area contributed by atoms with Crippen LogP contribution in [0.15, 0.2) is 48.7 Å². The van der Waals surface area contributed by atoms with E-state index < -0.39 is 17.5 Å². The number of hydrogen-bond donors (Lipinski definition) is 2. The molecule has 132 valence electrons. The van der Waals surface area contributed by atoms with Crippen molar-refractivity contribution in [1.82, 2.24) is 9.97 Å². The molecular weight excluding hydrogens is 385 g/mol. The lowest BCUT2D eigenvalue weighted by molar-refractivity contribution is 0.102. The summed E-state index contributed by atoms with van der Waals surface area (Å²) in [5, 5.41) is 5.82. The number of amides is 1. The van der Waals surface area contributed by atoms with Crippen LogP contribution in [0.3, 0.4) is 0 Å². The number of carbonyl (C=O) groups is 1. The SMILES string of the molecule is O=C(Nc1c(Cl)cccc1Cl)c1ccnc(Nc2ccc(F)c(F)c2)n1. The molecule has 2 aromatic carbocycles. The minimum Gasteiger partial charge on any atom is -0.324 e. The van der Waals surface area contributed by atoms with E-state index in [2.05, 4.69) is 20.6 Å². The second kappa shape index (κ2) is 7.63. The number of aromatic nitrogens is 2. The maximum Gasteiger partial charge on any atom is 0.274 e. The predicted octanol–water partition coefficient (Wildman–Crippen LogP) is 5.06. The van der Waals surface area contributed by atoms with Crippen molar-refractivity contribution in [2.45, 2.75) is 0 Å². The number of hydrogen-bond acceptors (Lipinski definition) is 4. The molecule has 1 amide bonds. The number of benzene rings is 2. The number of para-hydroxylation sites is 1. The first kappa shape index (κ1) is 18.0. The summed E-state index contributed by atoms with van der Waals surface area (Å²) < 4.78 is 26.2. The highest BCUT2D eigenvalue weighted by Gasteiger charge is 2.14. The standard InChI is InChI=1S/C17H10Cl2F2N4O/c18-10-2-1-3-11(19)15(10)25-16(26)14-6-7-22-17(24-14)23-9-4-5-12(20)13(21)8-9/h1-8H,(H,25,26)(H,22,23,24). The second-order valence-electron chi connectivity index (χ2n) is 5.07. The van der Waals surface area contributed by atoms with E-state index in [-0.39, 0.29) is 33.1 Å². The topological polar surface area (TPSA) is 66.9 Å². The number of rotatable bonds is 4. The van der Waals surface area contributed by atoms with Gasteiger partial charge < -0.3 is 10.6 Å². The van der Waals surface area contributed by atoms with E-state index in [1.165, 1.54) is 18.3 Å². The molecule has 0 fully saturated rings. The fourth-order valence-electron chi connectivity index (χ4n) is 2.04. The molecule has 3 rings (SSSR count). The Labute approximate surface area is 157 Å². The van der Waals surface area contributed by atoms with Crippen molar-refractivity contribution in [3.8, 4) is 0 Å². The van der Waals surface area contributed by atoms with Gasteiger partial charge in [0.05, 0.1) is 15.7 Å². The van der Waals surface area contributed by atoms with Crippen LogP contribution in [0.5, 0.6) is 0 Å². The molecule has 9 heteroatoms. The normalized spacial score (nSPS) is 10.5. The van der Waals surface area contributed by atoms with Crippen LogP contribution in [0.2, 0.25) is 10.0 Å². The van der Waals surface area contributed by atoms with Gasteiger partial charge >= 0.3 is 0 Å². The van der Waals surface area contributed by atoms with Crippen LogP contribution in [0.25, 0.3) is 0 Å². The Balaban J connectivity index is 1.80. The van der Waals surface area contributed by atoms with Crippen LogP contribution in [-0.4, -0.2) is 15.9 Å². The lowest BCUT2D eigenvalue weighted by Gasteiger charge is -2.10. The average Bonchev–Trinajstić information content (AvgIpc) is 2.61. The highest BCUT2D eigenvalue weighted by molar-refractivity contribution is 6.40. The monoisotopic (exact) mass is 394 g/mol. The zero-order valence-electron chi connectivity index (χ0n) is 12.9. The van der Waals surface area contributed by atoms with E-state index >= 15 is 0 Å². The molecule has 0 saturated heterocycles. The number of carbonyl (C=O) groups excluding carboxylic acids is 1. The smallest absolute Gasteiger partial charge is 0.274 e. The molecular formula is C17H10Cl2F2N4O. The first-order chi connectivity index (χ1) is 12.4. The zero-order valence-corrected chi connectivity index (χ0v) is 14.4. The van der Waals surface area contributed by atoms with E-state index in [1.54, 1.807) is 18.2 Å². The Bertz CT molecular complexity index is 964. The molecule has 0 bridgehead atoms. The molecule has 1 aromatic heterocycles. The molecule has 0 aliphatic carbocycles. The third kappa shape index (κ3) is 4.07. The van der Waals surface area contributed by atoms with E-state index in [0.717, 1.165) is 12.1 Å². The van der Waals surface area contributed by atoms with Gasteiger partial charge in [-0.05, 0) is 30.3 Å². The highest BCUT2D eigenvalue weighted by Crippen LogP contribution is 2.30. The minimum atomic E-state index is -1.02. The van der Waals surface area contributed by atoms with E-state index in [9.17, 15) is 13.6 Å². The van der Waals surface area contributed by atoms with Gasteiger partial charge in [-0.2, -0.15) is 0 Å². The van der Waals surface area contributed by atoms with Crippen LogP contribution in [0.1, 0.15) is 10.5 Å². The van der Waals surface area contributed by atoms with Gasteiger partial charge in [-0.25, -0.2) is 18.7 Å². The highest BCUT2D eigenvalue weighted by atomic mass is 35.5. The van der Waals surface area contributed by atoms with E-state index in [4.69, 9.17) is 23.2 Å². The average molecular weight is 395 g/mol. The van der Waals surface area contributed by atoms with Crippen molar-refractivity contribution in [2.24, 2.45) is 0 Å². The van der Waals surface area contributed by atoms with Crippen molar-refractivity contribution in [2.75, 3.05) is 10.6 Å². The molecule has 5 nitrogen and oxygen atoms in total. The predicted molar refractivity (Wildman–Crippen MR) is 96.1 cm³/mol. The molecule has 0 atom stereocenters. The summed E-state index contributed by atoms with van der Waals surface area (Å²) in [7, 11) is 0. The zero-order chi connectivity index (χ0) is 18.7. The molecule has 0 saturated carbocycles. The quantitative estimate of drug-likeness (QED) is 0.648. The summed E-state index contributed by atoms with van der Waals surface area (Å²) in [6, 6.07) is 9.43. The molecule has 1 heterocycles. The van der Waals surface area contributed by atoms with Crippen LogP contribution in [0, 0.1) is 11.6 Å². The molecule has 0 unspecified atom stereocenters. The first-order valence-corrected chi connectivity index (χ1v) is 8.00. The Hall–Kier alpha value is -2.77. The molecule has 3 aromatic rings.